The van der Waals surface area contributed by atoms with Gasteiger partial charge in [-0.1, -0.05) is 19.0 Å². The van der Waals surface area contributed by atoms with Crippen LogP contribution in [0.2, 0.25) is 0 Å². The Balaban J connectivity index is 1.74. The fraction of sp³-hybridized carbons (Fsp3) is 0.636. The number of likely N-dealkylation sites (tertiary alicyclic amines) is 1. The molecule has 2 atom stereocenters. The summed E-state index contributed by atoms with van der Waals surface area (Å²) < 4.78 is 7.12. The van der Waals surface area contributed by atoms with Crippen LogP contribution in [0.5, 0.6) is 0 Å². The first-order valence-corrected chi connectivity index (χ1v) is 10.7. The van der Waals surface area contributed by atoms with Crippen molar-refractivity contribution >= 4 is 11.8 Å². The number of carbonyl (C=O) groups is 2. The molecule has 0 spiro atoms. The van der Waals surface area contributed by atoms with Crippen molar-refractivity contribution in [3.63, 3.8) is 0 Å². The minimum absolute atomic E-state index is 0.0105. The van der Waals surface area contributed by atoms with E-state index in [1.807, 2.05) is 59.0 Å². The van der Waals surface area contributed by atoms with Crippen LogP contribution in [0, 0.1) is 5.92 Å². The first-order chi connectivity index (χ1) is 14.2. The van der Waals surface area contributed by atoms with E-state index >= 15 is 0 Å². The molecule has 1 N–H and O–H groups in total. The molecule has 2 amide bonds. The Hall–Kier alpha value is -2.64. The van der Waals surface area contributed by atoms with Crippen molar-refractivity contribution in [1.82, 2.24) is 25.2 Å². The monoisotopic (exact) mass is 415 g/mol. The molecule has 2 aromatic rings. The Morgan fingerprint density at radius 1 is 1.30 bits per heavy atom. The van der Waals surface area contributed by atoms with Crippen LogP contribution < -0.4 is 5.32 Å². The third kappa shape index (κ3) is 4.42. The minimum atomic E-state index is -0.315. The van der Waals surface area contributed by atoms with E-state index in [2.05, 4.69) is 15.6 Å². The van der Waals surface area contributed by atoms with Crippen LogP contribution in [0.1, 0.15) is 69.7 Å². The average molecular weight is 416 g/mol. The van der Waals surface area contributed by atoms with Gasteiger partial charge in [-0.3, -0.25) is 14.3 Å². The lowest BCUT2D eigenvalue weighted by Gasteiger charge is -2.38. The van der Waals surface area contributed by atoms with E-state index in [4.69, 9.17) is 4.52 Å². The molecule has 0 radical (unpaired) electrons. The summed E-state index contributed by atoms with van der Waals surface area (Å²) in [5.74, 6) is 0.791. The molecule has 164 valence electrons. The summed E-state index contributed by atoms with van der Waals surface area (Å²) in [6.07, 6.45) is 5.86. The third-order valence-corrected chi connectivity index (χ3v) is 5.72. The number of rotatable bonds is 7. The van der Waals surface area contributed by atoms with Crippen molar-refractivity contribution in [1.29, 1.82) is 0 Å². The number of aryl methyl sites for hydroxylation is 3. The largest absolute Gasteiger partial charge is 0.361 e. The van der Waals surface area contributed by atoms with Gasteiger partial charge in [0.05, 0.1) is 24.4 Å². The van der Waals surface area contributed by atoms with Crippen LogP contribution in [0.4, 0.5) is 0 Å². The highest BCUT2D eigenvalue weighted by atomic mass is 16.5. The summed E-state index contributed by atoms with van der Waals surface area (Å²) in [5.41, 5.74) is 2.41. The second-order valence-electron chi connectivity index (χ2n) is 9.01. The van der Waals surface area contributed by atoms with E-state index in [0.717, 1.165) is 29.0 Å². The van der Waals surface area contributed by atoms with Crippen molar-refractivity contribution in [2.24, 2.45) is 13.0 Å². The standard InChI is InChI=1S/C22H33N5O3/c1-7-17-16(18(8-2)30-25-17)10-19(28)23-11-14-9-20(29)27(22(3,4)5)21(14)15-12-24-26(6)13-15/h12-14,21H,7-11H2,1-6H3,(H,23,28)/t14-,21+/m0/s1. The zero-order valence-electron chi connectivity index (χ0n) is 18.9. The Kier molecular flexibility index (Phi) is 6.33. The van der Waals surface area contributed by atoms with Gasteiger partial charge >= 0.3 is 0 Å². The summed E-state index contributed by atoms with van der Waals surface area (Å²) in [7, 11) is 1.87. The molecule has 1 saturated heterocycles. The van der Waals surface area contributed by atoms with Gasteiger partial charge in [-0.25, -0.2) is 0 Å². The van der Waals surface area contributed by atoms with Gasteiger partial charge in [0.15, 0.2) is 0 Å². The number of hydrogen-bond acceptors (Lipinski definition) is 5. The molecule has 3 heterocycles. The molecule has 1 aliphatic rings. The van der Waals surface area contributed by atoms with Crippen molar-refractivity contribution in [2.45, 2.75) is 71.9 Å². The lowest BCUT2D eigenvalue weighted by atomic mass is 9.93. The first kappa shape index (κ1) is 22.1. The molecule has 0 saturated carbocycles. The zero-order chi connectivity index (χ0) is 22.1. The van der Waals surface area contributed by atoms with Crippen LogP contribution in [0.25, 0.3) is 0 Å². The van der Waals surface area contributed by atoms with Gasteiger partial charge in [0, 0.05) is 55.2 Å². The molecule has 1 fully saturated rings. The lowest BCUT2D eigenvalue weighted by molar-refractivity contribution is -0.133. The average Bonchev–Trinajstić information content (AvgIpc) is 3.35. The second-order valence-corrected chi connectivity index (χ2v) is 9.01. The summed E-state index contributed by atoms with van der Waals surface area (Å²) in [6.45, 7) is 10.6. The van der Waals surface area contributed by atoms with Gasteiger partial charge in [0.25, 0.3) is 0 Å². The lowest BCUT2D eigenvalue weighted by Crippen LogP contribution is -2.44. The minimum Gasteiger partial charge on any atom is -0.361 e. The van der Waals surface area contributed by atoms with Gasteiger partial charge < -0.3 is 14.7 Å². The molecule has 0 unspecified atom stereocenters. The van der Waals surface area contributed by atoms with Gasteiger partial charge in [-0.2, -0.15) is 5.10 Å². The topological polar surface area (TPSA) is 93.3 Å². The van der Waals surface area contributed by atoms with Gasteiger partial charge in [-0.15, -0.1) is 0 Å². The summed E-state index contributed by atoms with van der Waals surface area (Å²) in [4.78, 5) is 27.5. The molecule has 30 heavy (non-hydrogen) atoms. The third-order valence-electron chi connectivity index (χ3n) is 5.72. The molecule has 0 bridgehead atoms. The van der Waals surface area contributed by atoms with Crippen LogP contribution in [0.3, 0.4) is 0 Å². The molecular formula is C22H33N5O3. The number of carbonyl (C=O) groups excluding carboxylic acids is 2. The highest BCUT2D eigenvalue weighted by molar-refractivity contribution is 5.81. The predicted molar refractivity (Wildman–Crippen MR) is 113 cm³/mol. The summed E-state index contributed by atoms with van der Waals surface area (Å²) in [5, 5.41) is 11.4. The van der Waals surface area contributed by atoms with Crippen molar-refractivity contribution < 1.29 is 14.1 Å². The maximum absolute atomic E-state index is 12.9. The second kappa shape index (κ2) is 8.62. The molecule has 1 aliphatic heterocycles. The fourth-order valence-electron chi connectivity index (χ4n) is 4.40. The van der Waals surface area contributed by atoms with Crippen molar-refractivity contribution in [3.05, 3.63) is 35.0 Å². The maximum Gasteiger partial charge on any atom is 0.224 e. The van der Waals surface area contributed by atoms with Gasteiger partial charge in [0.2, 0.25) is 11.8 Å². The Morgan fingerprint density at radius 2 is 2.03 bits per heavy atom. The Morgan fingerprint density at radius 3 is 2.60 bits per heavy atom. The van der Waals surface area contributed by atoms with Crippen molar-refractivity contribution in [2.75, 3.05) is 6.54 Å². The maximum atomic E-state index is 12.9. The van der Waals surface area contributed by atoms with E-state index in [1.54, 1.807) is 4.68 Å². The summed E-state index contributed by atoms with van der Waals surface area (Å²) >= 11 is 0. The van der Waals surface area contributed by atoms with E-state index in [0.29, 0.717) is 19.4 Å². The molecule has 2 aromatic heterocycles. The van der Waals surface area contributed by atoms with E-state index in [9.17, 15) is 9.59 Å². The molecule has 0 aromatic carbocycles. The van der Waals surface area contributed by atoms with E-state index in [-0.39, 0.29) is 35.7 Å². The predicted octanol–water partition coefficient (Wildman–Crippen LogP) is 2.58. The fourth-order valence-corrected chi connectivity index (χ4v) is 4.40. The van der Waals surface area contributed by atoms with E-state index < -0.39 is 0 Å². The first-order valence-electron chi connectivity index (χ1n) is 10.7. The molecule has 8 nitrogen and oxygen atoms in total. The van der Waals surface area contributed by atoms with Crippen LogP contribution >= 0.6 is 0 Å². The number of hydrogen-bond donors (Lipinski definition) is 1. The number of nitrogens with zero attached hydrogens (tertiary/aromatic N) is 4. The SMILES string of the molecule is CCc1noc(CC)c1CC(=O)NC[C@@H]1CC(=O)N(C(C)(C)C)[C@H]1c1cnn(C)c1. The van der Waals surface area contributed by atoms with Crippen LogP contribution in [-0.4, -0.2) is 43.7 Å². The number of nitrogens with one attached hydrogen (secondary N) is 1. The summed E-state index contributed by atoms with van der Waals surface area (Å²) in [6, 6.07) is -0.112. The number of aromatic nitrogens is 3. The normalized spacial score (nSPS) is 19.5. The Bertz CT molecular complexity index is 887. The zero-order valence-corrected chi connectivity index (χ0v) is 18.9. The van der Waals surface area contributed by atoms with E-state index in [1.165, 1.54) is 0 Å². The number of amides is 2. The smallest absolute Gasteiger partial charge is 0.224 e. The Labute approximate surface area is 178 Å². The molecule has 8 heteroatoms. The van der Waals surface area contributed by atoms with Gasteiger partial charge in [0.1, 0.15) is 5.76 Å². The molecule has 3 rings (SSSR count). The highest BCUT2D eigenvalue weighted by Gasteiger charge is 2.45. The van der Waals surface area contributed by atoms with Crippen LogP contribution in [-0.2, 0) is 35.9 Å². The van der Waals surface area contributed by atoms with Gasteiger partial charge in [-0.05, 0) is 27.2 Å². The molecular weight excluding hydrogens is 382 g/mol. The highest BCUT2D eigenvalue weighted by Crippen LogP contribution is 2.42. The van der Waals surface area contributed by atoms with Crippen LogP contribution in [0.15, 0.2) is 16.9 Å². The quantitative estimate of drug-likeness (QED) is 0.750. The van der Waals surface area contributed by atoms with Crippen molar-refractivity contribution in [3.8, 4) is 0 Å². The molecule has 0 aliphatic carbocycles.